The molecule has 0 aromatic heterocycles. The summed E-state index contributed by atoms with van der Waals surface area (Å²) in [6.07, 6.45) is 7.49. The van der Waals surface area contributed by atoms with E-state index in [9.17, 15) is 4.21 Å². The van der Waals surface area contributed by atoms with E-state index in [0.717, 1.165) is 19.5 Å². The fraction of sp³-hybridized carbons (Fsp3) is 1.00. The molecule has 0 aliphatic carbocycles. The van der Waals surface area contributed by atoms with Gasteiger partial charge in [0.25, 0.3) is 0 Å². The topological polar surface area (TPSA) is 29.1 Å². The van der Waals surface area contributed by atoms with Crippen LogP contribution in [0.2, 0.25) is 0 Å². The van der Waals surface area contributed by atoms with E-state index in [4.69, 9.17) is 0 Å². The summed E-state index contributed by atoms with van der Waals surface area (Å²) in [4.78, 5) is 0. The predicted molar refractivity (Wildman–Crippen MR) is 68.6 cm³/mol. The van der Waals surface area contributed by atoms with Crippen LogP contribution in [-0.4, -0.2) is 40.8 Å². The minimum absolute atomic E-state index is 0.327. The van der Waals surface area contributed by atoms with E-state index < -0.39 is 10.8 Å². The molecule has 0 radical (unpaired) electrons. The fourth-order valence-corrected chi connectivity index (χ4v) is 2.04. The van der Waals surface area contributed by atoms with Crippen LogP contribution in [0.1, 0.15) is 26.2 Å². The van der Waals surface area contributed by atoms with E-state index in [0.29, 0.717) is 5.25 Å². The van der Waals surface area contributed by atoms with Crippen LogP contribution in [-0.2, 0) is 10.8 Å². The SMILES string of the molecule is CSCCCCNCCC(C)S(C)=O. The Hall–Kier alpha value is 0.460. The first-order valence-corrected chi connectivity index (χ1v) is 8.22. The van der Waals surface area contributed by atoms with Gasteiger partial charge in [-0.3, -0.25) is 4.21 Å². The maximum absolute atomic E-state index is 11.0. The molecule has 4 heteroatoms. The molecule has 1 N–H and O–H groups in total. The lowest BCUT2D eigenvalue weighted by atomic mass is 10.3. The zero-order valence-electron chi connectivity index (χ0n) is 9.54. The summed E-state index contributed by atoms with van der Waals surface area (Å²) in [6, 6.07) is 0. The standard InChI is InChI=1S/C10H23NOS2/c1-10(14(3)12)6-8-11-7-4-5-9-13-2/h10-11H,4-9H2,1-3H3. The van der Waals surface area contributed by atoms with Gasteiger partial charge in [-0.2, -0.15) is 11.8 Å². The molecule has 0 aromatic carbocycles. The number of nitrogens with one attached hydrogen (secondary N) is 1. The highest BCUT2D eigenvalue weighted by atomic mass is 32.2. The lowest BCUT2D eigenvalue weighted by Crippen LogP contribution is -2.22. The van der Waals surface area contributed by atoms with Gasteiger partial charge < -0.3 is 5.32 Å². The van der Waals surface area contributed by atoms with E-state index in [2.05, 4.69) is 11.6 Å². The molecule has 14 heavy (non-hydrogen) atoms. The highest BCUT2D eigenvalue weighted by Crippen LogP contribution is 1.99. The lowest BCUT2D eigenvalue weighted by molar-refractivity contribution is 0.608. The maximum atomic E-state index is 11.0. The number of unbranched alkanes of at least 4 members (excludes halogenated alkanes) is 1. The average Bonchev–Trinajstić information content (AvgIpc) is 2.16. The van der Waals surface area contributed by atoms with Crippen molar-refractivity contribution in [3.63, 3.8) is 0 Å². The van der Waals surface area contributed by atoms with Crippen LogP contribution in [0.4, 0.5) is 0 Å². The summed E-state index contributed by atoms with van der Waals surface area (Å²) in [5.74, 6) is 1.26. The summed E-state index contributed by atoms with van der Waals surface area (Å²) in [5, 5.41) is 3.71. The Morgan fingerprint density at radius 2 is 2.07 bits per heavy atom. The van der Waals surface area contributed by atoms with Crippen molar-refractivity contribution in [2.75, 3.05) is 31.4 Å². The third-order valence-electron chi connectivity index (χ3n) is 2.25. The third kappa shape index (κ3) is 9.03. The second kappa shape index (κ2) is 9.99. The molecule has 2 atom stereocenters. The first-order chi connectivity index (χ1) is 6.68. The van der Waals surface area contributed by atoms with Crippen LogP contribution in [0.5, 0.6) is 0 Å². The summed E-state index contributed by atoms with van der Waals surface area (Å²) in [5.41, 5.74) is 0. The minimum Gasteiger partial charge on any atom is -0.317 e. The molecule has 0 aliphatic rings. The van der Waals surface area contributed by atoms with Gasteiger partial charge in [-0.05, 0) is 44.4 Å². The van der Waals surface area contributed by atoms with Gasteiger partial charge in [-0.15, -0.1) is 0 Å². The van der Waals surface area contributed by atoms with E-state index >= 15 is 0 Å². The van der Waals surface area contributed by atoms with Crippen molar-refractivity contribution >= 4 is 22.6 Å². The Bertz CT molecular complexity index is 153. The Morgan fingerprint density at radius 3 is 2.64 bits per heavy atom. The minimum atomic E-state index is -0.664. The number of hydrogen-bond donors (Lipinski definition) is 1. The van der Waals surface area contributed by atoms with Crippen LogP contribution >= 0.6 is 11.8 Å². The Balaban J connectivity index is 3.09. The first-order valence-electron chi connectivity index (χ1n) is 5.20. The van der Waals surface area contributed by atoms with Gasteiger partial charge in [-0.25, -0.2) is 0 Å². The van der Waals surface area contributed by atoms with Crippen molar-refractivity contribution in [1.29, 1.82) is 0 Å². The second-order valence-corrected chi connectivity index (χ2v) is 6.34. The molecule has 0 saturated carbocycles. The van der Waals surface area contributed by atoms with Crippen LogP contribution < -0.4 is 5.32 Å². The van der Waals surface area contributed by atoms with Gasteiger partial charge in [0, 0.05) is 22.3 Å². The van der Waals surface area contributed by atoms with Crippen LogP contribution in [0.15, 0.2) is 0 Å². The monoisotopic (exact) mass is 237 g/mol. The summed E-state index contributed by atoms with van der Waals surface area (Å²) in [6.45, 7) is 4.15. The predicted octanol–water partition coefficient (Wildman–Crippen LogP) is 1.88. The van der Waals surface area contributed by atoms with E-state index in [1.165, 1.54) is 18.6 Å². The Labute approximate surface area is 95.1 Å². The summed E-state index contributed by atoms with van der Waals surface area (Å²) in [7, 11) is -0.664. The third-order valence-corrected chi connectivity index (χ3v) is 4.31. The molecule has 2 nitrogen and oxygen atoms in total. The van der Waals surface area contributed by atoms with E-state index in [-0.39, 0.29) is 0 Å². The van der Waals surface area contributed by atoms with E-state index in [1.54, 1.807) is 6.26 Å². The van der Waals surface area contributed by atoms with Gasteiger partial charge in [0.1, 0.15) is 0 Å². The van der Waals surface area contributed by atoms with Crippen molar-refractivity contribution in [2.24, 2.45) is 0 Å². The molecule has 0 heterocycles. The molecule has 0 bridgehead atoms. The second-order valence-electron chi connectivity index (χ2n) is 3.55. The van der Waals surface area contributed by atoms with E-state index in [1.807, 2.05) is 18.7 Å². The van der Waals surface area contributed by atoms with Crippen molar-refractivity contribution in [2.45, 2.75) is 31.4 Å². The largest absolute Gasteiger partial charge is 0.317 e. The molecule has 0 aliphatic heterocycles. The molecule has 2 unspecified atom stereocenters. The van der Waals surface area contributed by atoms with Crippen LogP contribution in [0.3, 0.4) is 0 Å². The average molecular weight is 237 g/mol. The molecule has 0 saturated heterocycles. The zero-order chi connectivity index (χ0) is 10.8. The maximum Gasteiger partial charge on any atom is 0.0329 e. The summed E-state index contributed by atoms with van der Waals surface area (Å²) < 4.78 is 11.0. The smallest absolute Gasteiger partial charge is 0.0329 e. The van der Waals surface area contributed by atoms with Gasteiger partial charge >= 0.3 is 0 Å². The fourth-order valence-electron chi connectivity index (χ4n) is 1.09. The van der Waals surface area contributed by atoms with Gasteiger partial charge in [-0.1, -0.05) is 6.92 Å². The Kier molecular flexibility index (Phi) is 10.3. The normalized spacial score (nSPS) is 15.4. The van der Waals surface area contributed by atoms with Gasteiger partial charge in [0.2, 0.25) is 0 Å². The van der Waals surface area contributed by atoms with Crippen molar-refractivity contribution in [1.82, 2.24) is 5.32 Å². The van der Waals surface area contributed by atoms with Crippen LogP contribution in [0, 0.1) is 0 Å². The van der Waals surface area contributed by atoms with Crippen molar-refractivity contribution in [3.8, 4) is 0 Å². The van der Waals surface area contributed by atoms with Crippen molar-refractivity contribution < 1.29 is 4.21 Å². The molecule has 0 spiro atoms. The quantitative estimate of drug-likeness (QED) is 0.621. The molecule has 86 valence electrons. The first kappa shape index (κ1) is 14.5. The summed E-state index contributed by atoms with van der Waals surface area (Å²) >= 11 is 1.91. The van der Waals surface area contributed by atoms with Gasteiger partial charge in [0.05, 0.1) is 0 Å². The highest BCUT2D eigenvalue weighted by molar-refractivity contribution is 7.98. The number of thioether (sulfide) groups is 1. The van der Waals surface area contributed by atoms with Gasteiger partial charge in [0.15, 0.2) is 0 Å². The highest BCUT2D eigenvalue weighted by Gasteiger charge is 2.04. The molecular weight excluding hydrogens is 214 g/mol. The zero-order valence-corrected chi connectivity index (χ0v) is 11.2. The number of rotatable bonds is 9. The number of hydrogen-bond acceptors (Lipinski definition) is 3. The Morgan fingerprint density at radius 1 is 1.36 bits per heavy atom. The molecule has 0 aromatic rings. The molecule has 0 rings (SSSR count). The van der Waals surface area contributed by atoms with Crippen molar-refractivity contribution in [3.05, 3.63) is 0 Å². The molecule has 0 fully saturated rings. The molecule has 0 amide bonds. The van der Waals surface area contributed by atoms with Crippen LogP contribution in [0.25, 0.3) is 0 Å². The lowest BCUT2D eigenvalue weighted by Gasteiger charge is -2.08. The molecular formula is C10H23NOS2.